The third-order valence-corrected chi connectivity index (χ3v) is 0. The summed E-state index contributed by atoms with van der Waals surface area (Å²) in [5.41, 5.74) is 0. The Balaban J connectivity index is -0.0000000146. The molecule has 0 amide bonds. The van der Waals surface area contributed by atoms with Crippen molar-refractivity contribution in [1.29, 1.82) is 0 Å². The van der Waals surface area contributed by atoms with Crippen LogP contribution in [-0.4, -0.2) is 23.7 Å². The number of hydrogen-bond donors (Lipinski definition) is 0. The predicted molar refractivity (Wildman–Crippen MR) is 15.9 cm³/mol. The Bertz CT molecular complexity index is 167. The molecule has 7 nitrogen and oxygen atoms in total. The summed E-state index contributed by atoms with van der Waals surface area (Å²) < 4.78 is 34.1. The molecular formula is CK2Na2O7S. The van der Waals surface area contributed by atoms with Gasteiger partial charge in [-0.1, -0.05) is 0 Å². The third-order valence-electron chi connectivity index (χ3n) is 0. The predicted octanol–water partition coefficient (Wildman–Crippen LogP) is -15.8. The molecule has 0 unspecified atom stereocenters. The summed E-state index contributed by atoms with van der Waals surface area (Å²) in [7, 11) is -5.17. The van der Waals surface area contributed by atoms with Crippen LogP contribution >= 0.6 is 0 Å². The Hall–Kier alpha value is 4.41. The first-order chi connectivity index (χ1) is 3.73. The molecule has 0 spiro atoms. The minimum Gasteiger partial charge on any atom is -0.759 e. The van der Waals surface area contributed by atoms with E-state index < -0.39 is 16.6 Å². The second kappa shape index (κ2) is 21.7. The Morgan fingerprint density at radius 3 is 0.923 bits per heavy atom. The summed E-state index contributed by atoms with van der Waals surface area (Å²) in [6, 6.07) is 0. The summed E-state index contributed by atoms with van der Waals surface area (Å²) in [5, 5.41) is 16.7. The van der Waals surface area contributed by atoms with Gasteiger partial charge in [0.2, 0.25) is 0 Å². The van der Waals surface area contributed by atoms with Crippen LogP contribution in [-0.2, 0) is 10.4 Å². The quantitative estimate of drug-likeness (QED) is 0.243. The van der Waals surface area contributed by atoms with Crippen LogP contribution in [0.2, 0.25) is 0 Å². The number of carbonyl (C=O) groups is 1. The van der Waals surface area contributed by atoms with E-state index in [1.807, 2.05) is 0 Å². The van der Waals surface area contributed by atoms with Gasteiger partial charge in [0.25, 0.3) is 0 Å². The molecule has 0 aliphatic rings. The molecule has 12 heteroatoms. The number of rotatable bonds is 0. The van der Waals surface area contributed by atoms with Gasteiger partial charge in [-0.3, -0.25) is 8.42 Å². The summed E-state index contributed by atoms with van der Waals surface area (Å²) in [5.74, 6) is 0. The van der Waals surface area contributed by atoms with Crippen molar-refractivity contribution in [2.45, 2.75) is 0 Å². The molecule has 0 aliphatic heterocycles. The van der Waals surface area contributed by atoms with Gasteiger partial charge >= 0.3 is 162 Å². The Labute approximate surface area is 205 Å². The van der Waals surface area contributed by atoms with Gasteiger partial charge in [0.15, 0.2) is 0 Å². The zero-order valence-corrected chi connectivity index (χ0v) is 18.8. The molecule has 0 fully saturated rings. The minimum absolute atomic E-state index is 0. The van der Waals surface area contributed by atoms with Gasteiger partial charge in [-0.25, -0.2) is 0 Å². The fourth-order valence-electron chi connectivity index (χ4n) is 0. The largest absolute Gasteiger partial charge is 1.00 e. The maximum Gasteiger partial charge on any atom is 1.00 e. The summed E-state index contributed by atoms with van der Waals surface area (Å²) in [4.78, 5) is 8.33. The maximum absolute atomic E-state index is 8.52. The van der Waals surface area contributed by atoms with Crippen molar-refractivity contribution < 1.29 is 194 Å². The molecule has 0 bridgehead atoms. The van der Waals surface area contributed by atoms with E-state index in [0.29, 0.717) is 0 Å². The van der Waals surface area contributed by atoms with Crippen molar-refractivity contribution in [1.82, 2.24) is 0 Å². The molecule has 0 N–H and O–H groups in total. The molecule has 13 heavy (non-hydrogen) atoms. The first-order valence-electron chi connectivity index (χ1n) is 1.28. The van der Waals surface area contributed by atoms with E-state index in [1.54, 1.807) is 0 Å². The van der Waals surface area contributed by atoms with E-state index in [1.165, 1.54) is 0 Å². The van der Waals surface area contributed by atoms with Crippen LogP contribution in [0, 0.1) is 0 Å². The molecule has 0 atom stereocenters. The first-order valence-corrected chi connectivity index (χ1v) is 2.61. The molecule has 0 aliphatic carbocycles. The van der Waals surface area contributed by atoms with Gasteiger partial charge in [-0.15, -0.1) is 0 Å². The van der Waals surface area contributed by atoms with Gasteiger partial charge in [0, 0.05) is 10.4 Å². The van der Waals surface area contributed by atoms with E-state index in [4.69, 9.17) is 32.5 Å². The zero-order chi connectivity index (χ0) is 8.08. The van der Waals surface area contributed by atoms with E-state index in [-0.39, 0.29) is 162 Å². The molecular weight excluding hydrogens is 280 g/mol. The van der Waals surface area contributed by atoms with Crippen LogP contribution in [0.4, 0.5) is 4.79 Å². The summed E-state index contributed by atoms with van der Waals surface area (Å²) >= 11 is 0. The second-order valence-corrected chi connectivity index (χ2v) is 1.47. The normalized spacial score (nSPS) is 6.31. The van der Waals surface area contributed by atoms with Crippen LogP contribution < -0.4 is 172 Å². The number of carbonyl (C=O) groups excluding carboxylic acids is 1. The standard InChI is InChI=1S/CH2O3.2K.2Na.H2O4S/c2-1(3)4;;;;;1-5(2,3)4/h(H2,2,3,4);;;;;(H2,1,2,3,4)/q;4*+1;/p-4. The molecule has 0 rings (SSSR count). The molecule has 0 radical (unpaired) electrons. The van der Waals surface area contributed by atoms with Crippen molar-refractivity contribution in [3.8, 4) is 0 Å². The number of hydrogen-bond acceptors (Lipinski definition) is 7. The van der Waals surface area contributed by atoms with Gasteiger partial charge in [-0.05, 0) is 6.16 Å². The van der Waals surface area contributed by atoms with Gasteiger partial charge in [0.05, 0.1) is 0 Å². The van der Waals surface area contributed by atoms with Crippen LogP contribution in [0.5, 0.6) is 0 Å². The van der Waals surface area contributed by atoms with Crippen molar-refractivity contribution in [2.24, 2.45) is 0 Å². The van der Waals surface area contributed by atoms with E-state index in [2.05, 4.69) is 0 Å². The van der Waals surface area contributed by atoms with Crippen LogP contribution in [0.15, 0.2) is 0 Å². The van der Waals surface area contributed by atoms with E-state index in [9.17, 15) is 0 Å². The second-order valence-electron chi connectivity index (χ2n) is 0.658. The summed E-state index contributed by atoms with van der Waals surface area (Å²) in [6.45, 7) is 0. The monoisotopic (exact) mass is 280 g/mol. The minimum atomic E-state index is -5.17. The van der Waals surface area contributed by atoms with Crippen molar-refractivity contribution >= 4 is 16.6 Å². The average Bonchev–Trinajstić information content (AvgIpc) is 1.19. The smallest absolute Gasteiger partial charge is 0.759 e. The zero-order valence-electron chi connectivity index (χ0n) is 7.77. The Kier molecular flexibility index (Phi) is 60.0. The van der Waals surface area contributed by atoms with Crippen LogP contribution in [0.3, 0.4) is 0 Å². The molecule has 0 aromatic rings. The van der Waals surface area contributed by atoms with E-state index in [0.717, 1.165) is 0 Å². The third kappa shape index (κ3) is 175. The van der Waals surface area contributed by atoms with Gasteiger partial charge < -0.3 is 24.1 Å². The van der Waals surface area contributed by atoms with Crippen molar-refractivity contribution in [3.05, 3.63) is 0 Å². The molecule has 0 aromatic carbocycles. The number of carboxylic acid groups (broad SMARTS) is 2. The Morgan fingerprint density at radius 2 is 0.923 bits per heavy atom. The Morgan fingerprint density at radius 1 is 0.923 bits per heavy atom. The molecule has 0 saturated carbocycles. The van der Waals surface area contributed by atoms with Gasteiger partial charge in [0.1, 0.15) is 0 Å². The van der Waals surface area contributed by atoms with Crippen LogP contribution in [0.25, 0.3) is 0 Å². The SMILES string of the molecule is O=C([O-])[O-].O=S(=O)([O-])[O-].[K+].[K+].[Na+].[Na+]. The fraction of sp³-hybridized carbons (Fsp3) is 0. The molecule has 0 heterocycles. The molecule has 0 aromatic heterocycles. The van der Waals surface area contributed by atoms with Gasteiger partial charge in [-0.2, -0.15) is 0 Å². The summed E-state index contributed by atoms with van der Waals surface area (Å²) in [6.07, 6.45) is -2.33. The van der Waals surface area contributed by atoms with Crippen LogP contribution in [0.1, 0.15) is 0 Å². The first kappa shape index (κ1) is 36.0. The van der Waals surface area contributed by atoms with Crippen molar-refractivity contribution in [3.63, 3.8) is 0 Å². The maximum atomic E-state index is 8.52. The topological polar surface area (TPSA) is 143 Å². The average molecular weight is 280 g/mol. The van der Waals surface area contributed by atoms with E-state index >= 15 is 0 Å². The van der Waals surface area contributed by atoms with Crippen molar-refractivity contribution in [2.75, 3.05) is 0 Å². The molecule has 0 saturated heterocycles. The molecule has 56 valence electrons. The fourth-order valence-corrected chi connectivity index (χ4v) is 0.